The van der Waals surface area contributed by atoms with Crippen LogP contribution in [0, 0.1) is 5.92 Å². The molecule has 3 unspecified atom stereocenters. The van der Waals surface area contributed by atoms with Gasteiger partial charge in [0.05, 0.1) is 5.92 Å². The molecule has 3 N–H and O–H groups in total. The first kappa shape index (κ1) is 28.3. The van der Waals surface area contributed by atoms with Crippen LogP contribution in [0.1, 0.15) is 39.5 Å². The second-order valence-electron chi connectivity index (χ2n) is 8.34. The molecule has 5 nitrogen and oxygen atoms in total. The molecule has 1 aromatic rings. The number of amides is 1. The van der Waals surface area contributed by atoms with Crippen LogP contribution in [0.5, 0.6) is 0 Å². The highest BCUT2D eigenvalue weighted by Crippen LogP contribution is 2.31. The molecule has 8 heteroatoms. The summed E-state index contributed by atoms with van der Waals surface area (Å²) in [6, 6.07) is 10.7. The van der Waals surface area contributed by atoms with Crippen molar-refractivity contribution < 1.29 is 4.79 Å². The van der Waals surface area contributed by atoms with Crippen molar-refractivity contribution in [1.29, 1.82) is 0 Å². The fraction of sp³-hybridized carbons (Fsp3) is 0.667. The number of para-hydroxylation sites is 1. The molecule has 2 fully saturated rings. The highest BCUT2D eigenvalue weighted by atomic mass is 35.5. The molecule has 1 aliphatic carbocycles. The van der Waals surface area contributed by atoms with E-state index in [9.17, 15) is 4.79 Å². The van der Waals surface area contributed by atoms with E-state index in [2.05, 4.69) is 52.4 Å². The predicted molar refractivity (Wildman–Crippen MR) is 129 cm³/mol. The fourth-order valence-corrected chi connectivity index (χ4v) is 4.39. The molecule has 1 aromatic carbocycles. The van der Waals surface area contributed by atoms with Crippen LogP contribution >= 0.6 is 37.2 Å². The summed E-state index contributed by atoms with van der Waals surface area (Å²) in [7, 11) is 0. The van der Waals surface area contributed by atoms with Crippen LogP contribution in [0.3, 0.4) is 0 Å². The van der Waals surface area contributed by atoms with E-state index in [0.29, 0.717) is 0 Å². The maximum absolute atomic E-state index is 12.7. The lowest BCUT2D eigenvalue weighted by molar-refractivity contribution is -0.128. The zero-order valence-electron chi connectivity index (χ0n) is 17.5. The number of hydrogen-bond donors (Lipinski definition) is 2. The lowest BCUT2D eigenvalue weighted by Gasteiger charge is -2.39. The molecule has 0 radical (unpaired) electrons. The maximum Gasteiger partial charge on any atom is 0.225 e. The van der Waals surface area contributed by atoms with E-state index in [1.54, 1.807) is 0 Å². The lowest BCUT2D eigenvalue weighted by Crippen LogP contribution is -2.56. The Morgan fingerprint density at radius 3 is 2.34 bits per heavy atom. The first-order valence-electron chi connectivity index (χ1n) is 10.1. The van der Waals surface area contributed by atoms with Crippen molar-refractivity contribution in [3.8, 4) is 0 Å². The highest BCUT2D eigenvalue weighted by molar-refractivity contribution is 5.86. The van der Waals surface area contributed by atoms with Crippen molar-refractivity contribution in [2.45, 2.75) is 51.1 Å². The van der Waals surface area contributed by atoms with Gasteiger partial charge in [0.2, 0.25) is 5.91 Å². The van der Waals surface area contributed by atoms with Crippen molar-refractivity contribution in [1.82, 2.24) is 10.2 Å². The normalized spacial score (nSPS) is 25.6. The van der Waals surface area contributed by atoms with Gasteiger partial charge in [0.1, 0.15) is 0 Å². The average Bonchev–Trinajstić information content (AvgIpc) is 2.62. The minimum absolute atomic E-state index is 0. The third-order valence-corrected chi connectivity index (χ3v) is 5.99. The van der Waals surface area contributed by atoms with E-state index >= 15 is 0 Å². The molecule has 0 spiro atoms. The Bertz CT molecular complexity index is 595. The van der Waals surface area contributed by atoms with Crippen molar-refractivity contribution >= 4 is 48.8 Å². The minimum atomic E-state index is -0.358. The Labute approximate surface area is 194 Å². The van der Waals surface area contributed by atoms with Crippen molar-refractivity contribution in [2.75, 3.05) is 37.6 Å². The van der Waals surface area contributed by atoms with Crippen LogP contribution in [-0.4, -0.2) is 55.1 Å². The Morgan fingerprint density at radius 1 is 1.14 bits per heavy atom. The van der Waals surface area contributed by atoms with E-state index in [-0.39, 0.29) is 60.6 Å². The van der Waals surface area contributed by atoms with Gasteiger partial charge in [0.15, 0.2) is 0 Å². The molecule has 168 valence electrons. The molecular weight excluding hydrogens is 431 g/mol. The summed E-state index contributed by atoms with van der Waals surface area (Å²) in [6.07, 6.45) is 4.11. The van der Waals surface area contributed by atoms with Gasteiger partial charge in [-0.1, -0.05) is 31.0 Å². The lowest BCUT2D eigenvalue weighted by atomic mass is 9.74. The number of halogens is 3. The van der Waals surface area contributed by atoms with Gasteiger partial charge >= 0.3 is 0 Å². The predicted octanol–water partition coefficient (Wildman–Crippen LogP) is 3.49. The number of carbonyl (C=O) groups is 1. The molecule has 2 aliphatic rings. The maximum atomic E-state index is 12.7. The van der Waals surface area contributed by atoms with Gasteiger partial charge in [-0.05, 0) is 38.8 Å². The van der Waals surface area contributed by atoms with Crippen molar-refractivity contribution in [3.63, 3.8) is 0 Å². The summed E-state index contributed by atoms with van der Waals surface area (Å²) in [5, 5.41) is 3.22. The first-order chi connectivity index (χ1) is 12.5. The van der Waals surface area contributed by atoms with E-state index < -0.39 is 0 Å². The Kier molecular flexibility index (Phi) is 12.5. The largest absolute Gasteiger partial charge is 0.369 e. The monoisotopic (exact) mass is 466 g/mol. The molecule has 0 bridgehead atoms. The van der Waals surface area contributed by atoms with Crippen LogP contribution in [0.2, 0.25) is 0 Å². The second kappa shape index (κ2) is 12.9. The first-order valence-corrected chi connectivity index (χ1v) is 10.1. The van der Waals surface area contributed by atoms with Gasteiger partial charge in [0.25, 0.3) is 0 Å². The third-order valence-electron chi connectivity index (χ3n) is 5.99. The molecule has 29 heavy (non-hydrogen) atoms. The summed E-state index contributed by atoms with van der Waals surface area (Å²) in [4.78, 5) is 17.6. The fourth-order valence-electron chi connectivity index (χ4n) is 4.39. The summed E-state index contributed by atoms with van der Waals surface area (Å²) >= 11 is 0. The molecule has 3 rings (SSSR count). The Morgan fingerprint density at radius 2 is 1.76 bits per heavy atom. The van der Waals surface area contributed by atoms with Crippen LogP contribution in [-0.2, 0) is 4.79 Å². The van der Waals surface area contributed by atoms with Crippen LogP contribution in [0.15, 0.2) is 30.3 Å². The summed E-state index contributed by atoms with van der Waals surface area (Å²) in [6.45, 7) is 9.19. The molecule has 1 aliphatic heterocycles. The number of benzene rings is 1. The number of rotatable bonds is 5. The van der Waals surface area contributed by atoms with Gasteiger partial charge in [-0.2, -0.15) is 0 Å². The topological polar surface area (TPSA) is 61.6 Å². The molecule has 1 saturated carbocycles. The number of nitrogens with zero attached hydrogens (tertiary/aromatic N) is 2. The zero-order chi connectivity index (χ0) is 18.6. The number of nitrogens with one attached hydrogen (secondary N) is 1. The summed E-state index contributed by atoms with van der Waals surface area (Å²) < 4.78 is 0. The second-order valence-corrected chi connectivity index (χ2v) is 8.34. The number of carbonyl (C=O) groups excluding carboxylic acids is 1. The van der Waals surface area contributed by atoms with E-state index in [1.807, 2.05) is 6.92 Å². The van der Waals surface area contributed by atoms with Crippen LogP contribution < -0.4 is 16.0 Å². The number of hydrogen-bond acceptors (Lipinski definition) is 4. The van der Waals surface area contributed by atoms with E-state index in [0.717, 1.165) is 58.4 Å². The van der Waals surface area contributed by atoms with Crippen LogP contribution in [0.25, 0.3) is 0 Å². The average molecular weight is 468 g/mol. The van der Waals surface area contributed by atoms with Gasteiger partial charge in [-0.25, -0.2) is 0 Å². The molecule has 3 atom stereocenters. The van der Waals surface area contributed by atoms with Gasteiger partial charge in [0, 0.05) is 50.0 Å². The number of nitrogens with two attached hydrogens (primary N) is 1. The van der Waals surface area contributed by atoms with Crippen molar-refractivity contribution in [3.05, 3.63) is 30.3 Å². The van der Waals surface area contributed by atoms with Gasteiger partial charge < -0.3 is 16.0 Å². The van der Waals surface area contributed by atoms with Gasteiger partial charge in [-0.3, -0.25) is 9.69 Å². The summed E-state index contributed by atoms with van der Waals surface area (Å²) in [5.41, 5.74) is 7.32. The molecule has 0 aromatic heterocycles. The number of piperazine rings is 1. The standard InChI is InChI=1S/C21H34N4O.3ClH/c1-17(23-20(26)19-10-6-7-11-21(19,2)22)16-24-12-14-25(15-13-24)18-8-4-3-5-9-18;;;/h3-5,8-9,17,19H,6-7,10-16,22H2,1-2H3,(H,23,26);3*1H. The SMILES string of the molecule is CC(CN1CCN(c2ccccc2)CC1)NC(=O)C1CCCCC1(C)N.Cl.Cl.Cl. The summed E-state index contributed by atoms with van der Waals surface area (Å²) in [5.74, 6) is 0.0961. The minimum Gasteiger partial charge on any atom is -0.369 e. The molecule has 1 amide bonds. The molecular formula is C21H37Cl3N4O. The molecule has 1 saturated heterocycles. The van der Waals surface area contributed by atoms with E-state index in [1.165, 1.54) is 5.69 Å². The highest BCUT2D eigenvalue weighted by Gasteiger charge is 2.38. The number of anilines is 1. The van der Waals surface area contributed by atoms with Gasteiger partial charge in [-0.15, -0.1) is 37.2 Å². The van der Waals surface area contributed by atoms with Crippen molar-refractivity contribution in [2.24, 2.45) is 11.7 Å². The smallest absolute Gasteiger partial charge is 0.225 e. The Balaban J connectivity index is 0.00000261. The Hall–Kier alpha value is -0.720. The quantitative estimate of drug-likeness (QED) is 0.696. The van der Waals surface area contributed by atoms with Crippen LogP contribution in [0.4, 0.5) is 5.69 Å². The molecule has 1 heterocycles. The third kappa shape index (κ3) is 7.80. The zero-order valence-corrected chi connectivity index (χ0v) is 20.0. The van der Waals surface area contributed by atoms with E-state index in [4.69, 9.17) is 5.73 Å².